The van der Waals surface area contributed by atoms with Gasteiger partial charge in [0, 0.05) is 19.7 Å². The van der Waals surface area contributed by atoms with Gasteiger partial charge in [0.05, 0.1) is 4.90 Å². The smallest absolute Gasteiger partial charge is 0.253 e. The SMILES string of the molecule is CC.Cc1cc(C)c(S(N)(=O)=O)cc1C(=O)N(C)C. The van der Waals surface area contributed by atoms with Crippen molar-refractivity contribution in [3.05, 3.63) is 28.8 Å². The van der Waals surface area contributed by atoms with Crippen molar-refractivity contribution in [1.82, 2.24) is 4.90 Å². The normalized spacial score (nSPS) is 10.5. The lowest BCUT2D eigenvalue weighted by atomic mass is 10.0. The molecule has 0 heterocycles. The van der Waals surface area contributed by atoms with Crippen molar-refractivity contribution in [2.45, 2.75) is 32.6 Å². The molecule has 1 aromatic rings. The fourth-order valence-electron chi connectivity index (χ4n) is 1.61. The van der Waals surface area contributed by atoms with E-state index in [0.29, 0.717) is 11.1 Å². The lowest BCUT2D eigenvalue weighted by molar-refractivity contribution is 0.0826. The molecule has 0 atom stereocenters. The molecule has 1 rings (SSSR count). The van der Waals surface area contributed by atoms with Crippen molar-refractivity contribution in [2.24, 2.45) is 5.14 Å². The van der Waals surface area contributed by atoms with Crippen molar-refractivity contribution in [3.8, 4) is 0 Å². The highest BCUT2D eigenvalue weighted by Crippen LogP contribution is 2.20. The lowest BCUT2D eigenvalue weighted by Gasteiger charge is -2.14. The molecule has 1 aromatic carbocycles. The van der Waals surface area contributed by atoms with Crippen molar-refractivity contribution < 1.29 is 13.2 Å². The first-order valence-electron chi connectivity index (χ1n) is 6.00. The Morgan fingerprint density at radius 3 is 1.95 bits per heavy atom. The van der Waals surface area contributed by atoms with Crippen LogP contribution >= 0.6 is 0 Å². The lowest BCUT2D eigenvalue weighted by Crippen LogP contribution is -2.24. The molecular formula is C13H22N2O3S. The van der Waals surface area contributed by atoms with E-state index in [2.05, 4.69) is 0 Å². The minimum atomic E-state index is -3.80. The van der Waals surface area contributed by atoms with Crippen molar-refractivity contribution >= 4 is 15.9 Å². The molecule has 19 heavy (non-hydrogen) atoms. The van der Waals surface area contributed by atoms with Gasteiger partial charge in [0.1, 0.15) is 0 Å². The number of aryl methyl sites for hydroxylation is 2. The molecule has 0 saturated carbocycles. The Morgan fingerprint density at radius 2 is 1.58 bits per heavy atom. The highest BCUT2D eigenvalue weighted by Gasteiger charge is 2.18. The van der Waals surface area contributed by atoms with E-state index in [-0.39, 0.29) is 10.8 Å². The van der Waals surface area contributed by atoms with Gasteiger partial charge in [-0.3, -0.25) is 4.79 Å². The molecule has 0 aliphatic rings. The summed E-state index contributed by atoms with van der Waals surface area (Å²) >= 11 is 0. The zero-order valence-corrected chi connectivity index (χ0v) is 13.1. The molecule has 0 aliphatic heterocycles. The molecule has 1 amide bonds. The first-order valence-corrected chi connectivity index (χ1v) is 7.55. The molecule has 0 unspecified atom stereocenters. The number of hydrogen-bond donors (Lipinski definition) is 1. The maximum absolute atomic E-state index is 11.8. The fraction of sp³-hybridized carbons (Fsp3) is 0.462. The van der Waals surface area contributed by atoms with E-state index in [0.717, 1.165) is 5.56 Å². The number of hydrogen-bond acceptors (Lipinski definition) is 3. The summed E-state index contributed by atoms with van der Waals surface area (Å²) in [6.07, 6.45) is 0. The number of primary sulfonamides is 1. The van der Waals surface area contributed by atoms with Gasteiger partial charge in [0.15, 0.2) is 0 Å². The number of carbonyl (C=O) groups is 1. The van der Waals surface area contributed by atoms with Gasteiger partial charge in [-0.25, -0.2) is 13.6 Å². The second-order valence-corrected chi connectivity index (χ2v) is 5.71. The van der Waals surface area contributed by atoms with Gasteiger partial charge < -0.3 is 4.90 Å². The Hall–Kier alpha value is -1.40. The number of nitrogens with zero attached hydrogens (tertiary/aromatic N) is 1. The molecule has 0 saturated heterocycles. The van der Waals surface area contributed by atoms with E-state index in [1.165, 1.54) is 11.0 Å². The summed E-state index contributed by atoms with van der Waals surface area (Å²) in [5, 5.41) is 5.10. The Bertz CT molecular complexity index is 563. The second kappa shape index (κ2) is 6.68. The number of benzene rings is 1. The van der Waals surface area contributed by atoms with Crippen LogP contribution in [0.4, 0.5) is 0 Å². The largest absolute Gasteiger partial charge is 0.345 e. The van der Waals surface area contributed by atoms with E-state index in [9.17, 15) is 13.2 Å². The molecule has 6 heteroatoms. The Labute approximate surface area is 115 Å². The second-order valence-electron chi connectivity index (χ2n) is 4.18. The molecule has 0 aromatic heterocycles. The first-order chi connectivity index (χ1) is 8.64. The predicted molar refractivity (Wildman–Crippen MR) is 76.7 cm³/mol. The summed E-state index contributed by atoms with van der Waals surface area (Å²) in [5.74, 6) is -0.243. The van der Waals surface area contributed by atoms with Crippen molar-refractivity contribution in [1.29, 1.82) is 0 Å². The van der Waals surface area contributed by atoms with Crippen LogP contribution in [0.5, 0.6) is 0 Å². The van der Waals surface area contributed by atoms with Crippen molar-refractivity contribution in [2.75, 3.05) is 14.1 Å². The van der Waals surface area contributed by atoms with Gasteiger partial charge in [0.25, 0.3) is 5.91 Å². The van der Waals surface area contributed by atoms with Gasteiger partial charge in [-0.1, -0.05) is 19.9 Å². The minimum Gasteiger partial charge on any atom is -0.345 e. The van der Waals surface area contributed by atoms with Crippen LogP contribution in [0.2, 0.25) is 0 Å². The highest BCUT2D eigenvalue weighted by atomic mass is 32.2. The third-order valence-corrected chi connectivity index (χ3v) is 3.52. The average Bonchev–Trinajstić information content (AvgIpc) is 2.29. The minimum absolute atomic E-state index is 0.00620. The molecule has 2 N–H and O–H groups in total. The number of amides is 1. The van der Waals surface area contributed by atoms with Crippen LogP contribution in [0, 0.1) is 13.8 Å². The standard InChI is InChI=1S/C11H16N2O3S.C2H6/c1-7-5-8(2)10(17(12,15)16)6-9(7)11(14)13(3)4;1-2/h5-6H,1-4H3,(H2,12,15,16);1-2H3. The molecule has 0 bridgehead atoms. The highest BCUT2D eigenvalue weighted by molar-refractivity contribution is 7.89. The maximum Gasteiger partial charge on any atom is 0.253 e. The fourth-order valence-corrected chi connectivity index (χ4v) is 2.40. The van der Waals surface area contributed by atoms with Crippen LogP contribution in [0.15, 0.2) is 17.0 Å². The van der Waals surface area contributed by atoms with Crippen LogP contribution in [0.1, 0.15) is 35.3 Å². The summed E-state index contributed by atoms with van der Waals surface area (Å²) in [5.41, 5.74) is 1.62. The third-order valence-electron chi connectivity index (χ3n) is 2.47. The molecular weight excluding hydrogens is 264 g/mol. The molecule has 0 fully saturated rings. The summed E-state index contributed by atoms with van der Waals surface area (Å²) in [4.78, 5) is 13.2. The van der Waals surface area contributed by atoms with E-state index < -0.39 is 10.0 Å². The summed E-state index contributed by atoms with van der Waals surface area (Å²) in [7, 11) is -0.584. The number of nitrogens with two attached hydrogens (primary N) is 1. The summed E-state index contributed by atoms with van der Waals surface area (Å²) < 4.78 is 22.7. The first kappa shape index (κ1) is 17.6. The average molecular weight is 286 g/mol. The van der Waals surface area contributed by atoms with Crippen LogP contribution < -0.4 is 5.14 Å². The Kier molecular flexibility index (Phi) is 6.18. The Morgan fingerprint density at radius 1 is 1.11 bits per heavy atom. The van der Waals surface area contributed by atoms with Crippen LogP contribution in [0.3, 0.4) is 0 Å². The van der Waals surface area contributed by atoms with Gasteiger partial charge in [0.2, 0.25) is 10.0 Å². The van der Waals surface area contributed by atoms with E-state index in [1.54, 1.807) is 34.0 Å². The molecule has 0 aliphatic carbocycles. The number of rotatable bonds is 2. The van der Waals surface area contributed by atoms with Crippen LogP contribution in [-0.2, 0) is 10.0 Å². The summed E-state index contributed by atoms with van der Waals surface area (Å²) in [6.45, 7) is 7.41. The van der Waals surface area contributed by atoms with Gasteiger partial charge in [-0.2, -0.15) is 0 Å². The molecule has 0 spiro atoms. The quantitative estimate of drug-likeness (QED) is 0.898. The molecule has 5 nitrogen and oxygen atoms in total. The van der Waals surface area contributed by atoms with Gasteiger partial charge in [-0.05, 0) is 31.0 Å². The zero-order chi connectivity index (χ0) is 15.4. The topological polar surface area (TPSA) is 80.5 Å². The third kappa shape index (κ3) is 4.33. The monoisotopic (exact) mass is 286 g/mol. The number of carbonyl (C=O) groups excluding carboxylic acids is 1. The number of sulfonamides is 1. The van der Waals surface area contributed by atoms with Crippen LogP contribution in [0.25, 0.3) is 0 Å². The van der Waals surface area contributed by atoms with Gasteiger partial charge >= 0.3 is 0 Å². The van der Waals surface area contributed by atoms with E-state index in [4.69, 9.17) is 5.14 Å². The summed E-state index contributed by atoms with van der Waals surface area (Å²) in [6, 6.07) is 2.98. The molecule has 108 valence electrons. The Balaban J connectivity index is 0.00000154. The van der Waals surface area contributed by atoms with E-state index >= 15 is 0 Å². The van der Waals surface area contributed by atoms with E-state index in [1.807, 2.05) is 13.8 Å². The van der Waals surface area contributed by atoms with Crippen molar-refractivity contribution in [3.63, 3.8) is 0 Å². The maximum atomic E-state index is 11.8. The predicted octanol–water partition coefficient (Wildman–Crippen LogP) is 1.68. The molecule has 0 radical (unpaired) electrons. The van der Waals surface area contributed by atoms with Gasteiger partial charge in [-0.15, -0.1) is 0 Å². The van der Waals surface area contributed by atoms with Crippen LogP contribution in [-0.4, -0.2) is 33.3 Å². The zero-order valence-electron chi connectivity index (χ0n) is 12.3.